The zero-order valence-electron chi connectivity index (χ0n) is 11.0. The van der Waals surface area contributed by atoms with Gasteiger partial charge in [-0.1, -0.05) is 6.07 Å². The maximum Gasteiger partial charge on any atom is 0.240 e. The Bertz CT molecular complexity index is 682. The molecule has 8 heteroatoms. The number of anilines is 2. The van der Waals surface area contributed by atoms with Crippen LogP contribution < -0.4 is 16.2 Å². The Morgan fingerprint density at radius 3 is 2.80 bits per heavy atom. The Labute approximate surface area is 117 Å². The Hall–Kier alpha value is -2.06. The topological polar surface area (TPSA) is 116 Å². The number of benzene rings is 1. The molecule has 2 aromatic rings. The van der Waals surface area contributed by atoms with E-state index in [0.29, 0.717) is 12.2 Å². The highest BCUT2D eigenvalue weighted by Crippen LogP contribution is 2.26. The van der Waals surface area contributed by atoms with Crippen molar-refractivity contribution in [3.63, 3.8) is 0 Å². The number of para-hydroxylation sites is 1. The molecular weight excluding hydrogens is 278 g/mol. The number of imidazole rings is 1. The van der Waals surface area contributed by atoms with Crippen LogP contribution in [0.15, 0.2) is 41.8 Å². The van der Waals surface area contributed by atoms with Crippen molar-refractivity contribution >= 4 is 21.4 Å². The maximum atomic E-state index is 11.4. The lowest BCUT2D eigenvalue weighted by atomic mass is 10.2. The summed E-state index contributed by atoms with van der Waals surface area (Å²) in [6, 6.07) is 4.75. The van der Waals surface area contributed by atoms with Crippen molar-refractivity contribution in [1.29, 1.82) is 0 Å². The van der Waals surface area contributed by atoms with E-state index in [1.807, 2.05) is 17.7 Å². The van der Waals surface area contributed by atoms with Crippen molar-refractivity contribution in [2.45, 2.75) is 24.4 Å². The van der Waals surface area contributed by atoms with Crippen LogP contribution >= 0.6 is 0 Å². The van der Waals surface area contributed by atoms with E-state index in [4.69, 9.17) is 10.9 Å². The van der Waals surface area contributed by atoms with Gasteiger partial charge in [0.05, 0.1) is 17.7 Å². The van der Waals surface area contributed by atoms with Crippen LogP contribution in [0.3, 0.4) is 0 Å². The predicted octanol–water partition coefficient (Wildman–Crippen LogP) is 0.613. The first-order valence-corrected chi connectivity index (χ1v) is 7.56. The predicted molar refractivity (Wildman–Crippen MR) is 77.5 cm³/mol. The summed E-state index contributed by atoms with van der Waals surface area (Å²) in [5, 5.41) is 8.29. The van der Waals surface area contributed by atoms with E-state index in [9.17, 15) is 8.42 Å². The molecule has 0 saturated heterocycles. The number of nitrogens with zero attached hydrogens (tertiary/aromatic N) is 2. The number of sulfonamides is 1. The van der Waals surface area contributed by atoms with Gasteiger partial charge in [0, 0.05) is 25.0 Å². The number of rotatable bonds is 5. The van der Waals surface area contributed by atoms with Crippen LogP contribution in [0.1, 0.15) is 6.92 Å². The van der Waals surface area contributed by atoms with Gasteiger partial charge in [-0.15, -0.1) is 0 Å². The SMILES string of the molecule is CC(Cn1ccnc1)Nc1cccc(S(N)(=O)=O)c1N. The van der Waals surface area contributed by atoms with Gasteiger partial charge in [-0.05, 0) is 19.1 Å². The van der Waals surface area contributed by atoms with E-state index in [-0.39, 0.29) is 16.6 Å². The highest BCUT2D eigenvalue weighted by Gasteiger charge is 2.15. The molecule has 0 bridgehead atoms. The average Bonchev–Trinajstić information content (AvgIpc) is 2.83. The van der Waals surface area contributed by atoms with Gasteiger partial charge in [0.1, 0.15) is 4.90 Å². The lowest BCUT2D eigenvalue weighted by molar-refractivity contribution is 0.598. The van der Waals surface area contributed by atoms with Gasteiger partial charge in [-0.3, -0.25) is 0 Å². The summed E-state index contributed by atoms with van der Waals surface area (Å²) in [6.07, 6.45) is 5.26. The second kappa shape index (κ2) is 5.51. The Morgan fingerprint density at radius 1 is 1.45 bits per heavy atom. The lowest BCUT2D eigenvalue weighted by Gasteiger charge is -2.18. The number of nitrogen functional groups attached to an aromatic ring is 1. The fourth-order valence-corrected chi connectivity index (χ4v) is 2.62. The van der Waals surface area contributed by atoms with Crippen molar-refractivity contribution in [1.82, 2.24) is 9.55 Å². The molecule has 20 heavy (non-hydrogen) atoms. The van der Waals surface area contributed by atoms with Crippen molar-refractivity contribution < 1.29 is 8.42 Å². The molecule has 2 rings (SSSR count). The summed E-state index contributed by atoms with van der Waals surface area (Å²) < 4.78 is 24.7. The first-order valence-electron chi connectivity index (χ1n) is 6.01. The van der Waals surface area contributed by atoms with Gasteiger partial charge < -0.3 is 15.6 Å². The van der Waals surface area contributed by atoms with Gasteiger partial charge in [-0.25, -0.2) is 18.5 Å². The van der Waals surface area contributed by atoms with Crippen LogP contribution in [-0.2, 0) is 16.6 Å². The molecule has 1 aromatic heterocycles. The summed E-state index contributed by atoms with van der Waals surface area (Å²) >= 11 is 0. The third-order valence-corrected chi connectivity index (χ3v) is 3.79. The van der Waals surface area contributed by atoms with Gasteiger partial charge in [0.2, 0.25) is 10.0 Å². The Kier molecular flexibility index (Phi) is 3.96. The van der Waals surface area contributed by atoms with Gasteiger partial charge in [-0.2, -0.15) is 0 Å². The monoisotopic (exact) mass is 295 g/mol. The fourth-order valence-electron chi connectivity index (χ4n) is 1.94. The van der Waals surface area contributed by atoms with Crippen molar-refractivity contribution in [2.24, 2.45) is 5.14 Å². The fraction of sp³-hybridized carbons (Fsp3) is 0.250. The van der Waals surface area contributed by atoms with Crippen LogP contribution in [0.4, 0.5) is 11.4 Å². The minimum Gasteiger partial charge on any atom is -0.396 e. The number of primary sulfonamides is 1. The second-order valence-electron chi connectivity index (χ2n) is 4.57. The molecule has 108 valence electrons. The molecule has 0 fully saturated rings. The number of nitrogens with two attached hydrogens (primary N) is 2. The molecule has 5 N–H and O–H groups in total. The average molecular weight is 295 g/mol. The molecule has 0 aliphatic heterocycles. The quantitative estimate of drug-likeness (QED) is 0.699. The van der Waals surface area contributed by atoms with Crippen LogP contribution in [0.2, 0.25) is 0 Å². The summed E-state index contributed by atoms with van der Waals surface area (Å²) in [6.45, 7) is 2.64. The maximum absolute atomic E-state index is 11.4. The molecule has 1 heterocycles. The third kappa shape index (κ3) is 3.28. The molecule has 0 saturated carbocycles. The van der Waals surface area contributed by atoms with Crippen LogP contribution in [0, 0.1) is 0 Å². The first-order chi connectivity index (χ1) is 9.38. The number of aromatic nitrogens is 2. The normalized spacial score (nSPS) is 13.1. The summed E-state index contributed by atoms with van der Waals surface area (Å²) in [5.41, 5.74) is 6.53. The molecule has 0 radical (unpaired) electrons. The smallest absolute Gasteiger partial charge is 0.240 e. The van der Waals surface area contributed by atoms with E-state index >= 15 is 0 Å². The molecule has 0 amide bonds. The van der Waals surface area contributed by atoms with Gasteiger partial charge in [0.25, 0.3) is 0 Å². The summed E-state index contributed by atoms with van der Waals surface area (Å²) in [5.74, 6) is 0. The van der Waals surface area contributed by atoms with E-state index in [1.165, 1.54) is 6.07 Å². The molecule has 1 unspecified atom stereocenters. The van der Waals surface area contributed by atoms with Crippen molar-refractivity contribution in [3.8, 4) is 0 Å². The number of nitrogens with one attached hydrogen (secondary N) is 1. The van der Waals surface area contributed by atoms with E-state index in [1.54, 1.807) is 24.7 Å². The second-order valence-corrected chi connectivity index (χ2v) is 6.10. The van der Waals surface area contributed by atoms with Gasteiger partial charge in [0.15, 0.2) is 0 Å². The Balaban J connectivity index is 2.17. The van der Waals surface area contributed by atoms with Crippen LogP contribution in [-0.4, -0.2) is 24.0 Å². The van der Waals surface area contributed by atoms with E-state index < -0.39 is 10.0 Å². The van der Waals surface area contributed by atoms with Crippen molar-refractivity contribution in [2.75, 3.05) is 11.1 Å². The molecule has 0 aliphatic rings. The standard InChI is InChI=1S/C12H17N5O2S/c1-9(7-17-6-5-15-8-17)16-10-3-2-4-11(12(10)13)20(14,18)19/h2-6,8-9,16H,7,13H2,1H3,(H2,14,18,19). The van der Waals surface area contributed by atoms with E-state index in [2.05, 4.69) is 10.3 Å². The number of hydrogen-bond donors (Lipinski definition) is 3. The summed E-state index contributed by atoms with van der Waals surface area (Å²) in [7, 11) is -3.82. The van der Waals surface area contributed by atoms with E-state index in [0.717, 1.165) is 0 Å². The highest BCUT2D eigenvalue weighted by molar-refractivity contribution is 7.89. The molecule has 1 aromatic carbocycles. The zero-order chi connectivity index (χ0) is 14.8. The highest BCUT2D eigenvalue weighted by atomic mass is 32.2. The zero-order valence-corrected chi connectivity index (χ0v) is 11.8. The Morgan fingerprint density at radius 2 is 2.20 bits per heavy atom. The molecule has 0 spiro atoms. The molecule has 7 nitrogen and oxygen atoms in total. The van der Waals surface area contributed by atoms with Crippen LogP contribution in [0.5, 0.6) is 0 Å². The largest absolute Gasteiger partial charge is 0.396 e. The minimum atomic E-state index is -3.82. The molecular formula is C12H17N5O2S. The minimum absolute atomic E-state index is 0.0437. The summed E-state index contributed by atoms with van der Waals surface area (Å²) in [4.78, 5) is 3.89. The number of hydrogen-bond acceptors (Lipinski definition) is 5. The van der Waals surface area contributed by atoms with Gasteiger partial charge >= 0.3 is 0 Å². The van der Waals surface area contributed by atoms with Crippen molar-refractivity contribution in [3.05, 3.63) is 36.9 Å². The molecule has 0 aliphatic carbocycles. The first kappa shape index (κ1) is 14.4. The third-order valence-electron chi connectivity index (χ3n) is 2.82. The van der Waals surface area contributed by atoms with Crippen LogP contribution in [0.25, 0.3) is 0 Å². The molecule has 1 atom stereocenters. The lowest BCUT2D eigenvalue weighted by Crippen LogP contribution is -2.23.